The van der Waals surface area contributed by atoms with Crippen molar-refractivity contribution in [3.8, 4) is 0 Å². The van der Waals surface area contributed by atoms with Gasteiger partial charge in [0.25, 0.3) is 0 Å². The number of carbonyl (C=O) groups is 2. The molecule has 0 aliphatic heterocycles. The smallest absolute Gasteiger partial charge is 0.306 e. The molecule has 0 atom stereocenters. The van der Waals surface area contributed by atoms with Gasteiger partial charge < -0.3 is 10.6 Å². The molecule has 0 aliphatic rings. The second-order valence-electron chi connectivity index (χ2n) is 6.07. The molecule has 0 saturated heterocycles. The van der Waals surface area contributed by atoms with Gasteiger partial charge in [-0.3, -0.25) is 19.7 Å². The molecule has 29 heavy (non-hydrogen) atoms. The molecule has 2 N–H and O–H groups in total. The van der Waals surface area contributed by atoms with Crippen LogP contribution in [0.2, 0.25) is 0 Å². The maximum Gasteiger partial charge on any atom is 0.306 e. The fraction of sp³-hybridized carbons (Fsp3) is 0.0476. The molecule has 3 rings (SSSR count). The van der Waals surface area contributed by atoms with Gasteiger partial charge >= 0.3 is 5.69 Å². The topological polar surface area (TPSA) is 101 Å². The Morgan fingerprint density at radius 1 is 0.966 bits per heavy atom. The van der Waals surface area contributed by atoms with E-state index in [1.807, 2.05) is 0 Å². The Morgan fingerprint density at radius 2 is 1.66 bits per heavy atom. The first-order valence-electron chi connectivity index (χ1n) is 8.62. The second-order valence-corrected chi connectivity index (χ2v) is 6.07. The number of amides is 1. The Balaban J connectivity index is 1.70. The highest BCUT2D eigenvalue weighted by molar-refractivity contribution is 6.14. The predicted octanol–water partition coefficient (Wildman–Crippen LogP) is 4.02. The lowest BCUT2D eigenvalue weighted by atomic mass is 10.0. The molecule has 0 spiro atoms. The minimum absolute atomic E-state index is 0.224. The summed E-state index contributed by atoms with van der Waals surface area (Å²) in [5.74, 6) is -1.66. The molecule has 0 bridgehead atoms. The number of nitro groups is 1. The number of nitrogens with one attached hydrogen (secondary N) is 2. The van der Waals surface area contributed by atoms with Gasteiger partial charge in [-0.25, -0.2) is 0 Å². The van der Waals surface area contributed by atoms with E-state index in [1.54, 1.807) is 54.6 Å². The van der Waals surface area contributed by atoms with Crippen molar-refractivity contribution in [2.45, 2.75) is 0 Å². The molecule has 8 heteroatoms. The third-order valence-electron chi connectivity index (χ3n) is 4.08. The normalized spacial score (nSPS) is 10.2. The van der Waals surface area contributed by atoms with Crippen molar-refractivity contribution >= 4 is 28.8 Å². The lowest BCUT2D eigenvalue weighted by Crippen LogP contribution is -2.23. The van der Waals surface area contributed by atoms with Crippen LogP contribution in [-0.2, 0) is 4.79 Å². The van der Waals surface area contributed by atoms with E-state index < -0.39 is 22.3 Å². The zero-order valence-electron chi connectivity index (χ0n) is 15.1. The molecule has 0 aliphatic carbocycles. The van der Waals surface area contributed by atoms with Gasteiger partial charge in [-0.2, -0.15) is 4.39 Å². The quantitative estimate of drug-likeness (QED) is 0.359. The number of ketones is 1. The average Bonchev–Trinajstić information content (AvgIpc) is 2.73. The van der Waals surface area contributed by atoms with Gasteiger partial charge in [0, 0.05) is 22.9 Å². The van der Waals surface area contributed by atoms with Crippen molar-refractivity contribution in [3.05, 3.63) is 99.9 Å². The van der Waals surface area contributed by atoms with Gasteiger partial charge in [0.2, 0.25) is 11.7 Å². The van der Waals surface area contributed by atoms with E-state index >= 15 is 0 Å². The van der Waals surface area contributed by atoms with Crippen molar-refractivity contribution in [3.63, 3.8) is 0 Å². The molecule has 0 unspecified atom stereocenters. The van der Waals surface area contributed by atoms with Crippen molar-refractivity contribution in [1.82, 2.24) is 0 Å². The largest absolute Gasteiger partial charge is 0.376 e. The number of anilines is 2. The molecule has 3 aromatic rings. The maximum atomic E-state index is 13.4. The van der Waals surface area contributed by atoms with Gasteiger partial charge in [-0.15, -0.1) is 0 Å². The van der Waals surface area contributed by atoms with Crippen LogP contribution in [0.4, 0.5) is 21.5 Å². The van der Waals surface area contributed by atoms with E-state index in [0.717, 1.165) is 12.1 Å². The van der Waals surface area contributed by atoms with Crippen LogP contribution in [0.15, 0.2) is 72.8 Å². The van der Waals surface area contributed by atoms with E-state index in [0.29, 0.717) is 16.8 Å². The molecule has 1 amide bonds. The minimum atomic E-state index is -0.960. The van der Waals surface area contributed by atoms with Gasteiger partial charge in [-0.05, 0) is 24.3 Å². The number of para-hydroxylation sites is 1. The number of benzene rings is 3. The number of halogens is 1. The first-order chi connectivity index (χ1) is 14.0. The molecule has 0 aromatic heterocycles. The standard InChI is InChI=1S/C21H16FN3O4/c22-17-11-10-15(12-19(17)25(28)29)23-13-20(26)24-18-9-5-4-8-16(18)21(27)14-6-2-1-3-7-14/h1-12,23H,13H2,(H,24,26). The van der Waals surface area contributed by atoms with Crippen LogP contribution < -0.4 is 10.6 Å². The second kappa shape index (κ2) is 8.75. The van der Waals surface area contributed by atoms with Crippen LogP contribution in [0.1, 0.15) is 15.9 Å². The van der Waals surface area contributed by atoms with Crippen molar-refractivity contribution in [1.29, 1.82) is 0 Å². The van der Waals surface area contributed by atoms with Crippen LogP contribution in [0, 0.1) is 15.9 Å². The highest BCUT2D eigenvalue weighted by Gasteiger charge is 2.16. The number of hydrogen-bond acceptors (Lipinski definition) is 5. The van der Waals surface area contributed by atoms with Crippen LogP contribution in [-0.4, -0.2) is 23.2 Å². The summed E-state index contributed by atoms with van der Waals surface area (Å²) in [5.41, 5.74) is 0.713. The zero-order chi connectivity index (χ0) is 20.8. The summed E-state index contributed by atoms with van der Waals surface area (Å²) in [6.07, 6.45) is 0. The molecule has 0 fully saturated rings. The van der Waals surface area contributed by atoms with Crippen LogP contribution in [0.25, 0.3) is 0 Å². The lowest BCUT2D eigenvalue weighted by Gasteiger charge is -2.11. The van der Waals surface area contributed by atoms with Crippen molar-refractivity contribution < 1.29 is 18.9 Å². The highest BCUT2D eigenvalue weighted by Crippen LogP contribution is 2.22. The average molecular weight is 393 g/mol. The summed E-state index contributed by atoms with van der Waals surface area (Å²) in [6.45, 7) is -0.226. The van der Waals surface area contributed by atoms with Crippen LogP contribution in [0.5, 0.6) is 0 Å². The SMILES string of the molecule is O=C(CNc1ccc(F)c([N+](=O)[O-])c1)Nc1ccccc1C(=O)c1ccccc1. The van der Waals surface area contributed by atoms with E-state index in [4.69, 9.17) is 0 Å². The molecule has 3 aromatic carbocycles. The Hall–Kier alpha value is -4.07. The Kier molecular flexibility index (Phi) is 5.94. The molecular weight excluding hydrogens is 377 g/mol. The van der Waals surface area contributed by atoms with Crippen molar-refractivity contribution in [2.75, 3.05) is 17.2 Å². The fourth-order valence-electron chi connectivity index (χ4n) is 2.67. The van der Waals surface area contributed by atoms with Crippen LogP contribution >= 0.6 is 0 Å². The van der Waals surface area contributed by atoms with E-state index in [-0.39, 0.29) is 18.0 Å². The van der Waals surface area contributed by atoms with E-state index in [2.05, 4.69) is 10.6 Å². The fourth-order valence-corrected chi connectivity index (χ4v) is 2.67. The van der Waals surface area contributed by atoms with Gasteiger partial charge in [0.05, 0.1) is 17.2 Å². The predicted molar refractivity (Wildman–Crippen MR) is 106 cm³/mol. The Labute approximate surface area is 165 Å². The first kappa shape index (κ1) is 19.7. The zero-order valence-corrected chi connectivity index (χ0v) is 15.1. The van der Waals surface area contributed by atoms with Gasteiger partial charge in [-0.1, -0.05) is 42.5 Å². The van der Waals surface area contributed by atoms with Crippen molar-refractivity contribution in [2.24, 2.45) is 0 Å². The van der Waals surface area contributed by atoms with Crippen LogP contribution in [0.3, 0.4) is 0 Å². The monoisotopic (exact) mass is 393 g/mol. The maximum absolute atomic E-state index is 13.4. The van der Waals surface area contributed by atoms with E-state index in [1.165, 1.54) is 6.07 Å². The number of hydrogen-bond donors (Lipinski definition) is 2. The highest BCUT2D eigenvalue weighted by atomic mass is 19.1. The summed E-state index contributed by atoms with van der Waals surface area (Å²) >= 11 is 0. The molecule has 0 radical (unpaired) electrons. The molecular formula is C21H16FN3O4. The minimum Gasteiger partial charge on any atom is -0.376 e. The number of carbonyl (C=O) groups excluding carboxylic acids is 2. The summed E-state index contributed by atoms with van der Waals surface area (Å²) in [5, 5.41) is 16.1. The van der Waals surface area contributed by atoms with Gasteiger partial charge in [0.15, 0.2) is 5.78 Å². The third-order valence-corrected chi connectivity index (χ3v) is 4.08. The Bertz CT molecular complexity index is 1070. The molecule has 146 valence electrons. The number of rotatable bonds is 7. The Morgan fingerprint density at radius 3 is 2.38 bits per heavy atom. The lowest BCUT2D eigenvalue weighted by molar-refractivity contribution is -0.387. The summed E-state index contributed by atoms with van der Waals surface area (Å²) in [4.78, 5) is 34.9. The molecule has 0 heterocycles. The summed E-state index contributed by atoms with van der Waals surface area (Å²) < 4.78 is 13.4. The summed E-state index contributed by atoms with van der Waals surface area (Å²) in [6, 6.07) is 18.5. The van der Waals surface area contributed by atoms with Gasteiger partial charge in [0.1, 0.15) is 0 Å². The van der Waals surface area contributed by atoms with E-state index in [9.17, 15) is 24.1 Å². The first-order valence-corrected chi connectivity index (χ1v) is 8.62. The summed E-state index contributed by atoms with van der Waals surface area (Å²) in [7, 11) is 0. The number of nitrogens with zero attached hydrogens (tertiary/aromatic N) is 1. The third kappa shape index (κ3) is 4.81. The molecule has 7 nitrogen and oxygen atoms in total. The number of nitro benzene ring substituents is 1. The molecule has 0 saturated carbocycles.